The van der Waals surface area contributed by atoms with Crippen LogP contribution in [0.3, 0.4) is 0 Å². The van der Waals surface area contributed by atoms with E-state index in [2.05, 4.69) is 10.4 Å². The molecule has 4 nitrogen and oxygen atoms in total. The zero-order chi connectivity index (χ0) is 14.7. The average molecular weight is 301 g/mol. The van der Waals surface area contributed by atoms with Gasteiger partial charge >= 0.3 is 0 Å². The lowest BCUT2D eigenvalue weighted by Gasteiger charge is -2.10. The van der Waals surface area contributed by atoms with Crippen molar-refractivity contribution in [3.05, 3.63) is 48.3 Å². The molecule has 5 heteroatoms. The first-order valence-electron chi connectivity index (χ1n) is 7.24. The largest absolute Gasteiger partial charge is 0.352 e. The number of benzene rings is 1. The maximum atomic E-state index is 11.9. The summed E-state index contributed by atoms with van der Waals surface area (Å²) in [6, 6.07) is 12.5. The highest BCUT2D eigenvalue weighted by Gasteiger charge is 2.25. The number of nitrogens with zero attached hydrogens (tertiary/aromatic N) is 2. The van der Waals surface area contributed by atoms with Gasteiger partial charge in [-0.1, -0.05) is 18.2 Å². The van der Waals surface area contributed by atoms with Crippen LogP contribution in [-0.2, 0) is 10.5 Å². The van der Waals surface area contributed by atoms with Crippen molar-refractivity contribution in [3.8, 4) is 5.69 Å². The molecule has 0 bridgehead atoms. The van der Waals surface area contributed by atoms with Crippen molar-refractivity contribution < 1.29 is 4.79 Å². The number of aromatic nitrogens is 2. The molecule has 0 saturated heterocycles. The van der Waals surface area contributed by atoms with Crippen LogP contribution in [0.1, 0.15) is 25.5 Å². The van der Waals surface area contributed by atoms with E-state index in [9.17, 15) is 4.79 Å². The van der Waals surface area contributed by atoms with Crippen molar-refractivity contribution in [2.24, 2.45) is 0 Å². The number of amides is 1. The smallest absolute Gasteiger partial charge is 0.233 e. The normalized spacial score (nSPS) is 15.7. The number of para-hydroxylation sites is 1. The first kappa shape index (κ1) is 14.2. The summed E-state index contributed by atoms with van der Waals surface area (Å²) < 4.78 is 1.87. The predicted molar refractivity (Wildman–Crippen MR) is 85.5 cm³/mol. The van der Waals surface area contributed by atoms with Gasteiger partial charge in [0.2, 0.25) is 5.91 Å². The molecule has 1 amide bonds. The topological polar surface area (TPSA) is 46.9 Å². The standard InChI is InChI=1S/C16H19N3OS/c1-12(16(20)17-13-7-8-13)21-11-14-9-10-19(18-14)15-5-3-2-4-6-15/h2-6,9-10,12-13H,7-8,11H2,1H3,(H,17,20)/t12-/m0/s1. The minimum absolute atomic E-state index is 0.0347. The van der Waals surface area contributed by atoms with Crippen LogP contribution in [0.15, 0.2) is 42.6 Å². The first-order chi connectivity index (χ1) is 10.2. The second-order valence-corrected chi connectivity index (χ2v) is 6.65. The van der Waals surface area contributed by atoms with Crippen LogP contribution in [0.5, 0.6) is 0 Å². The van der Waals surface area contributed by atoms with Crippen LogP contribution < -0.4 is 5.32 Å². The van der Waals surface area contributed by atoms with Gasteiger partial charge in [0.25, 0.3) is 0 Å². The molecule has 1 aliphatic rings. The van der Waals surface area contributed by atoms with Crippen molar-refractivity contribution in [1.29, 1.82) is 0 Å². The number of carbonyl (C=O) groups is 1. The fourth-order valence-corrected chi connectivity index (χ4v) is 2.79. The monoisotopic (exact) mass is 301 g/mol. The molecule has 1 fully saturated rings. The molecule has 1 atom stereocenters. The highest BCUT2D eigenvalue weighted by molar-refractivity contribution is 7.99. The third-order valence-electron chi connectivity index (χ3n) is 3.44. The molecule has 1 aromatic carbocycles. The molecule has 1 heterocycles. The van der Waals surface area contributed by atoms with E-state index in [4.69, 9.17) is 0 Å². The molecule has 0 aliphatic heterocycles. The van der Waals surface area contributed by atoms with Crippen LogP contribution in [0.2, 0.25) is 0 Å². The van der Waals surface area contributed by atoms with Gasteiger partial charge in [0, 0.05) is 18.0 Å². The molecule has 110 valence electrons. The molecule has 1 saturated carbocycles. The second-order valence-electron chi connectivity index (χ2n) is 5.32. The summed E-state index contributed by atoms with van der Waals surface area (Å²) in [5.41, 5.74) is 2.04. The number of carbonyl (C=O) groups excluding carboxylic acids is 1. The molecule has 21 heavy (non-hydrogen) atoms. The number of hydrogen-bond donors (Lipinski definition) is 1. The van der Waals surface area contributed by atoms with E-state index < -0.39 is 0 Å². The van der Waals surface area contributed by atoms with Gasteiger partial charge in [-0.15, -0.1) is 11.8 Å². The van der Waals surface area contributed by atoms with Crippen LogP contribution in [0.25, 0.3) is 5.69 Å². The molecule has 1 aromatic heterocycles. The Hall–Kier alpha value is -1.75. The highest BCUT2D eigenvalue weighted by atomic mass is 32.2. The van der Waals surface area contributed by atoms with E-state index in [-0.39, 0.29) is 11.2 Å². The summed E-state index contributed by atoms with van der Waals surface area (Å²) in [6.45, 7) is 1.95. The quantitative estimate of drug-likeness (QED) is 0.892. The van der Waals surface area contributed by atoms with E-state index >= 15 is 0 Å². The van der Waals surface area contributed by atoms with Crippen molar-refractivity contribution in [3.63, 3.8) is 0 Å². The molecule has 2 aromatic rings. The zero-order valence-electron chi connectivity index (χ0n) is 12.0. The second kappa shape index (κ2) is 6.35. The minimum atomic E-state index is -0.0347. The van der Waals surface area contributed by atoms with Crippen molar-refractivity contribution in [1.82, 2.24) is 15.1 Å². The Morgan fingerprint density at radius 1 is 1.38 bits per heavy atom. The molecular weight excluding hydrogens is 282 g/mol. The van der Waals surface area contributed by atoms with Gasteiger partial charge < -0.3 is 5.32 Å². The van der Waals surface area contributed by atoms with Crippen LogP contribution in [-0.4, -0.2) is 27.0 Å². The minimum Gasteiger partial charge on any atom is -0.352 e. The summed E-state index contributed by atoms with van der Waals surface area (Å²) in [4.78, 5) is 11.9. The third-order valence-corrected chi connectivity index (χ3v) is 4.62. The summed E-state index contributed by atoms with van der Waals surface area (Å²) in [7, 11) is 0. The summed E-state index contributed by atoms with van der Waals surface area (Å²) in [5, 5.41) is 7.55. The fourth-order valence-electron chi connectivity index (χ4n) is 2.00. The summed E-state index contributed by atoms with van der Waals surface area (Å²) >= 11 is 1.63. The van der Waals surface area contributed by atoms with Crippen LogP contribution in [0.4, 0.5) is 0 Å². The van der Waals surface area contributed by atoms with Gasteiger partial charge in [0.1, 0.15) is 0 Å². The molecule has 1 aliphatic carbocycles. The highest BCUT2D eigenvalue weighted by Crippen LogP contribution is 2.22. The molecular formula is C16H19N3OS. The Bertz CT molecular complexity index is 607. The Kier molecular flexibility index (Phi) is 4.29. The van der Waals surface area contributed by atoms with Gasteiger partial charge in [-0.2, -0.15) is 5.10 Å². The molecule has 0 unspecified atom stereocenters. The Morgan fingerprint density at radius 2 is 2.14 bits per heavy atom. The maximum Gasteiger partial charge on any atom is 0.233 e. The average Bonchev–Trinajstić information content (AvgIpc) is 3.20. The summed E-state index contributed by atoms with van der Waals surface area (Å²) in [6.07, 6.45) is 4.22. The van der Waals surface area contributed by atoms with Crippen molar-refractivity contribution >= 4 is 17.7 Å². The molecule has 0 radical (unpaired) electrons. The number of thioether (sulfide) groups is 1. The molecule has 1 N–H and O–H groups in total. The number of nitrogens with one attached hydrogen (secondary N) is 1. The maximum absolute atomic E-state index is 11.9. The van der Waals surface area contributed by atoms with E-state index in [1.807, 2.05) is 54.2 Å². The predicted octanol–water partition coefficient (Wildman–Crippen LogP) is 2.77. The van der Waals surface area contributed by atoms with Crippen molar-refractivity contribution in [2.45, 2.75) is 36.8 Å². The molecule has 0 spiro atoms. The Balaban J connectivity index is 1.53. The zero-order valence-corrected chi connectivity index (χ0v) is 12.8. The molecule has 3 rings (SSSR count). The first-order valence-corrected chi connectivity index (χ1v) is 8.29. The SMILES string of the molecule is C[C@H](SCc1ccn(-c2ccccc2)n1)C(=O)NC1CC1. The van der Waals surface area contributed by atoms with Gasteiger partial charge in [0.15, 0.2) is 0 Å². The van der Waals surface area contributed by atoms with Gasteiger partial charge in [0.05, 0.1) is 16.6 Å². The van der Waals surface area contributed by atoms with E-state index in [1.165, 1.54) is 0 Å². The van der Waals surface area contributed by atoms with E-state index in [0.717, 1.165) is 30.0 Å². The van der Waals surface area contributed by atoms with E-state index in [0.29, 0.717) is 6.04 Å². The summed E-state index contributed by atoms with van der Waals surface area (Å²) in [5.74, 6) is 0.893. The fraction of sp³-hybridized carbons (Fsp3) is 0.375. The van der Waals surface area contributed by atoms with Gasteiger partial charge in [-0.05, 0) is 38.0 Å². The van der Waals surface area contributed by atoms with Gasteiger partial charge in [-0.3, -0.25) is 4.79 Å². The van der Waals surface area contributed by atoms with Crippen molar-refractivity contribution in [2.75, 3.05) is 0 Å². The number of hydrogen-bond acceptors (Lipinski definition) is 3. The van der Waals surface area contributed by atoms with Crippen LogP contribution >= 0.6 is 11.8 Å². The van der Waals surface area contributed by atoms with Gasteiger partial charge in [-0.25, -0.2) is 4.68 Å². The van der Waals surface area contributed by atoms with E-state index in [1.54, 1.807) is 11.8 Å². The third kappa shape index (κ3) is 3.88. The Labute approximate surface area is 128 Å². The van der Waals surface area contributed by atoms with Crippen LogP contribution in [0, 0.1) is 0 Å². The number of rotatable bonds is 6. The lowest BCUT2D eigenvalue weighted by atomic mass is 10.3. The lowest BCUT2D eigenvalue weighted by Crippen LogP contribution is -2.32. The Morgan fingerprint density at radius 3 is 2.86 bits per heavy atom. The lowest BCUT2D eigenvalue weighted by molar-refractivity contribution is -0.120.